The van der Waals surface area contributed by atoms with E-state index in [9.17, 15) is 29.8 Å². The van der Waals surface area contributed by atoms with Gasteiger partial charge < -0.3 is 4.74 Å². The predicted molar refractivity (Wildman–Crippen MR) is 80.5 cm³/mol. The highest BCUT2D eigenvalue weighted by Gasteiger charge is 2.55. The van der Waals surface area contributed by atoms with E-state index in [0.29, 0.717) is 0 Å². The number of nitrogens with zero attached hydrogens (tertiary/aromatic N) is 3. The van der Waals surface area contributed by atoms with Crippen LogP contribution in [-0.2, 0) is 14.9 Å². The molecule has 0 fully saturated rings. The van der Waals surface area contributed by atoms with Crippen LogP contribution < -0.4 is 0 Å². The summed E-state index contributed by atoms with van der Waals surface area (Å²) in [5, 5.41) is 29.7. The van der Waals surface area contributed by atoms with Crippen LogP contribution in [0.5, 0.6) is 0 Å². The van der Waals surface area contributed by atoms with Crippen LogP contribution in [0.1, 0.15) is 26.3 Å². The van der Waals surface area contributed by atoms with Crippen molar-refractivity contribution >= 4 is 5.97 Å². The van der Waals surface area contributed by atoms with E-state index in [1.54, 1.807) is 32.9 Å². The SMILES string of the molecule is CC(C)(C)OC(=O)[C@@](C[N+](=O)[O-])(c1cccc(F)c1)C(C#N)C#N. The predicted octanol–water partition coefficient (Wildman–Crippen LogP) is 2.35. The molecule has 0 aliphatic carbocycles. The van der Waals surface area contributed by atoms with Crippen molar-refractivity contribution in [3.8, 4) is 12.1 Å². The molecule has 7 nitrogen and oxygen atoms in total. The van der Waals surface area contributed by atoms with Gasteiger partial charge in [0.05, 0.1) is 12.1 Å². The third kappa shape index (κ3) is 4.05. The monoisotopic (exact) mass is 333 g/mol. The molecule has 1 aromatic rings. The van der Waals surface area contributed by atoms with E-state index in [1.807, 2.05) is 0 Å². The van der Waals surface area contributed by atoms with Gasteiger partial charge in [0.1, 0.15) is 11.4 Å². The first-order chi connectivity index (χ1) is 11.1. The molecule has 0 aromatic heterocycles. The first-order valence-corrected chi connectivity index (χ1v) is 6.97. The van der Waals surface area contributed by atoms with Crippen molar-refractivity contribution in [1.29, 1.82) is 10.5 Å². The summed E-state index contributed by atoms with van der Waals surface area (Å²) in [5.41, 5.74) is -3.40. The van der Waals surface area contributed by atoms with Gasteiger partial charge in [0, 0.05) is 4.92 Å². The van der Waals surface area contributed by atoms with Crippen molar-refractivity contribution in [2.45, 2.75) is 31.8 Å². The van der Waals surface area contributed by atoms with Crippen molar-refractivity contribution in [2.24, 2.45) is 5.92 Å². The van der Waals surface area contributed by atoms with Crippen LogP contribution in [0.3, 0.4) is 0 Å². The molecule has 0 saturated heterocycles. The normalized spacial score (nSPS) is 13.5. The second-order valence-electron chi connectivity index (χ2n) is 6.17. The first-order valence-electron chi connectivity index (χ1n) is 6.97. The quantitative estimate of drug-likeness (QED) is 0.464. The molecule has 0 heterocycles. The van der Waals surface area contributed by atoms with E-state index in [4.69, 9.17) is 4.74 Å². The number of benzene rings is 1. The number of rotatable bonds is 5. The molecular formula is C16H16FN3O4. The summed E-state index contributed by atoms with van der Waals surface area (Å²) in [5.74, 6) is -3.59. The highest BCUT2D eigenvalue weighted by molar-refractivity contribution is 5.85. The Morgan fingerprint density at radius 2 is 1.96 bits per heavy atom. The number of hydrogen-bond acceptors (Lipinski definition) is 6. The van der Waals surface area contributed by atoms with E-state index in [0.717, 1.165) is 12.1 Å². The van der Waals surface area contributed by atoms with Crippen LogP contribution in [0.4, 0.5) is 4.39 Å². The summed E-state index contributed by atoms with van der Waals surface area (Å²) in [4.78, 5) is 23.1. The van der Waals surface area contributed by atoms with E-state index in [-0.39, 0.29) is 5.56 Å². The van der Waals surface area contributed by atoms with Gasteiger partial charge in [0.25, 0.3) is 0 Å². The van der Waals surface area contributed by atoms with Crippen LogP contribution >= 0.6 is 0 Å². The number of hydrogen-bond donors (Lipinski definition) is 0. The molecule has 126 valence electrons. The Labute approximate surface area is 138 Å². The molecule has 0 aliphatic heterocycles. The number of esters is 1. The lowest BCUT2D eigenvalue weighted by Crippen LogP contribution is -2.50. The summed E-state index contributed by atoms with van der Waals surface area (Å²) < 4.78 is 18.8. The minimum atomic E-state index is -2.23. The molecule has 0 unspecified atom stereocenters. The molecule has 1 aromatic carbocycles. The Morgan fingerprint density at radius 1 is 1.38 bits per heavy atom. The molecule has 0 amide bonds. The fourth-order valence-corrected chi connectivity index (χ4v) is 2.24. The van der Waals surface area contributed by atoms with Crippen LogP contribution in [0.2, 0.25) is 0 Å². The standard InChI is InChI=1S/C16H16FN3O4/c1-15(2,3)24-14(21)16(10-20(22)23,12(8-18)9-19)11-5-4-6-13(17)7-11/h4-7,12H,10H2,1-3H3/t16-/m0/s1. The second-order valence-corrected chi connectivity index (χ2v) is 6.17. The topological polar surface area (TPSA) is 117 Å². The average Bonchev–Trinajstić information content (AvgIpc) is 2.44. The summed E-state index contributed by atoms with van der Waals surface area (Å²) in [6, 6.07) is 7.68. The zero-order valence-electron chi connectivity index (χ0n) is 13.4. The highest BCUT2D eigenvalue weighted by Crippen LogP contribution is 2.36. The molecule has 1 rings (SSSR count). The first kappa shape index (κ1) is 19.0. The molecule has 8 heteroatoms. The minimum Gasteiger partial charge on any atom is -0.459 e. The zero-order chi connectivity index (χ0) is 18.5. The van der Waals surface area contributed by atoms with Gasteiger partial charge >= 0.3 is 5.97 Å². The van der Waals surface area contributed by atoms with E-state index in [2.05, 4.69) is 0 Å². The van der Waals surface area contributed by atoms with Crippen molar-refractivity contribution in [3.63, 3.8) is 0 Å². The maximum Gasteiger partial charge on any atom is 0.326 e. The fraction of sp³-hybridized carbons (Fsp3) is 0.438. The van der Waals surface area contributed by atoms with Gasteiger partial charge in [-0.3, -0.25) is 14.9 Å². The van der Waals surface area contributed by atoms with Crippen LogP contribution in [0.25, 0.3) is 0 Å². The van der Waals surface area contributed by atoms with Crippen molar-refractivity contribution in [3.05, 3.63) is 45.8 Å². The van der Waals surface area contributed by atoms with Gasteiger partial charge in [0.2, 0.25) is 6.54 Å². The lowest BCUT2D eigenvalue weighted by molar-refractivity contribution is -0.489. The second kappa shape index (κ2) is 7.05. The number of halogens is 1. The smallest absolute Gasteiger partial charge is 0.326 e. The van der Waals surface area contributed by atoms with Crippen molar-refractivity contribution in [2.75, 3.05) is 6.54 Å². The van der Waals surface area contributed by atoms with E-state index in [1.165, 1.54) is 12.1 Å². The summed E-state index contributed by atoms with van der Waals surface area (Å²) in [7, 11) is 0. The molecule has 0 spiro atoms. The molecule has 0 aliphatic rings. The largest absolute Gasteiger partial charge is 0.459 e. The molecule has 24 heavy (non-hydrogen) atoms. The van der Waals surface area contributed by atoms with Gasteiger partial charge in [-0.2, -0.15) is 10.5 Å². The molecule has 0 radical (unpaired) electrons. The zero-order valence-corrected chi connectivity index (χ0v) is 13.4. The summed E-state index contributed by atoms with van der Waals surface area (Å²) in [6.07, 6.45) is 0. The number of carbonyl (C=O) groups excluding carboxylic acids is 1. The maximum atomic E-state index is 13.6. The lowest BCUT2D eigenvalue weighted by Gasteiger charge is -2.32. The van der Waals surface area contributed by atoms with Crippen molar-refractivity contribution < 1.29 is 18.8 Å². The number of nitro groups is 1. The van der Waals surface area contributed by atoms with Crippen molar-refractivity contribution in [1.82, 2.24) is 0 Å². The fourth-order valence-electron chi connectivity index (χ4n) is 2.24. The van der Waals surface area contributed by atoms with E-state index >= 15 is 0 Å². The van der Waals surface area contributed by atoms with Gasteiger partial charge in [-0.15, -0.1) is 0 Å². The molecule has 1 atom stereocenters. The van der Waals surface area contributed by atoms with Crippen LogP contribution in [-0.4, -0.2) is 23.0 Å². The number of nitriles is 2. The number of carbonyl (C=O) groups is 1. The summed E-state index contributed by atoms with van der Waals surface area (Å²) in [6.45, 7) is 3.56. The molecule has 0 bridgehead atoms. The van der Waals surface area contributed by atoms with Gasteiger partial charge in [-0.1, -0.05) is 12.1 Å². The Morgan fingerprint density at radius 3 is 2.38 bits per heavy atom. The van der Waals surface area contributed by atoms with Gasteiger partial charge in [-0.25, -0.2) is 4.39 Å². The summed E-state index contributed by atoms with van der Waals surface area (Å²) >= 11 is 0. The van der Waals surface area contributed by atoms with E-state index < -0.39 is 40.2 Å². The number of ether oxygens (including phenoxy) is 1. The van der Waals surface area contributed by atoms with Crippen LogP contribution in [0.15, 0.2) is 24.3 Å². The average molecular weight is 333 g/mol. The lowest BCUT2D eigenvalue weighted by atomic mass is 9.71. The maximum absolute atomic E-state index is 13.6. The Kier molecular flexibility index (Phi) is 5.60. The Hall–Kier alpha value is -3.00. The minimum absolute atomic E-state index is 0.151. The molecule has 0 N–H and O–H groups in total. The van der Waals surface area contributed by atoms with Gasteiger partial charge in [0.15, 0.2) is 11.3 Å². The Balaban J connectivity index is 3.69. The molecular weight excluding hydrogens is 317 g/mol. The third-order valence-electron chi connectivity index (χ3n) is 3.23. The van der Waals surface area contributed by atoms with Crippen LogP contribution in [0, 0.1) is 44.5 Å². The highest BCUT2D eigenvalue weighted by atomic mass is 19.1. The Bertz CT molecular complexity index is 716. The third-order valence-corrected chi connectivity index (χ3v) is 3.23. The molecule has 0 saturated carbocycles. The van der Waals surface area contributed by atoms with Gasteiger partial charge in [-0.05, 0) is 38.5 Å².